The molecule has 1 aromatic carbocycles. The highest BCUT2D eigenvalue weighted by molar-refractivity contribution is 5.82. The monoisotopic (exact) mass is 287 g/mol. The lowest BCUT2D eigenvalue weighted by atomic mass is 10.1. The number of hydrogen-bond donors (Lipinski definition) is 1. The van der Waals surface area contributed by atoms with E-state index in [2.05, 4.69) is 10.8 Å². The van der Waals surface area contributed by atoms with E-state index in [9.17, 15) is 4.79 Å². The Morgan fingerprint density at radius 1 is 1.43 bits per heavy atom. The minimum Gasteiger partial charge on any atom is -0.497 e. The minimum absolute atomic E-state index is 0.0572. The molecule has 112 valence electrons. The van der Waals surface area contributed by atoms with Crippen LogP contribution in [0.25, 0.3) is 0 Å². The predicted octanol–water partition coefficient (Wildman–Crippen LogP) is 0.694. The van der Waals surface area contributed by atoms with E-state index in [-0.39, 0.29) is 12.3 Å². The van der Waals surface area contributed by atoms with Gasteiger partial charge in [-0.25, -0.2) is 0 Å². The molecule has 1 unspecified atom stereocenters. The molecular formula is C16H21N3O2. The highest BCUT2D eigenvalue weighted by Crippen LogP contribution is 2.22. The second-order valence-electron chi connectivity index (χ2n) is 5.03. The molecule has 0 aliphatic carbocycles. The standard InChI is InChI=1S/C16H21N3O2/c1-3-5-15(17)16(20)19-10-8-18(9-11-19)13-6-4-7-14(12-13)21-2/h1,4,6-7,12,15H,5,8-11,17H2,2H3. The van der Waals surface area contributed by atoms with Crippen LogP contribution >= 0.6 is 0 Å². The number of carbonyl (C=O) groups is 1. The predicted molar refractivity (Wildman–Crippen MR) is 83.2 cm³/mol. The Kier molecular flexibility index (Phi) is 5.07. The van der Waals surface area contributed by atoms with Crippen LogP contribution in [-0.4, -0.2) is 50.1 Å². The number of carbonyl (C=O) groups excluding carboxylic acids is 1. The third-order valence-corrected chi connectivity index (χ3v) is 3.66. The van der Waals surface area contributed by atoms with Gasteiger partial charge in [0.25, 0.3) is 0 Å². The van der Waals surface area contributed by atoms with Gasteiger partial charge in [0.15, 0.2) is 0 Å². The Labute approximate surface area is 125 Å². The first kappa shape index (κ1) is 15.2. The van der Waals surface area contributed by atoms with Gasteiger partial charge in [0.1, 0.15) is 5.75 Å². The first-order valence-electron chi connectivity index (χ1n) is 7.02. The lowest BCUT2D eigenvalue weighted by Gasteiger charge is -2.37. The summed E-state index contributed by atoms with van der Waals surface area (Å²) < 4.78 is 5.24. The number of nitrogens with two attached hydrogens (primary N) is 1. The molecule has 1 aliphatic rings. The SMILES string of the molecule is C#CCC(N)C(=O)N1CCN(c2cccc(OC)c2)CC1. The largest absolute Gasteiger partial charge is 0.497 e. The second kappa shape index (κ2) is 7.00. The third-order valence-electron chi connectivity index (χ3n) is 3.66. The van der Waals surface area contributed by atoms with Crippen molar-refractivity contribution in [2.24, 2.45) is 5.73 Å². The summed E-state index contributed by atoms with van der Waals surface area (Å²) in [4.78, 5) is 16.1. The van der Waals surface area contributed by atoms with Crippen molar-refractivity contribution in [3.8, 4) is 18.1 Å². The van der Waals surface area contributed by atoms with Gasteiger partial charge in [-0.15, -0.1) is 12.3 Å². The van der Waals surface area contributed by atoms with Crippen molar-refractivity contribution in [2.45, 2.75) is 12.5 Å². The molecule has 1 atom stereocenters. The van der Waals surface area contributed by atoms with E-state index in [0.29, 0.717) is 13.1 Å². The maximum atomic E-state index is 12.1. The van der Waals surface area contributed by atoms with E-state index in [1.165, 1.54) is 0 Å². The molecule has 0 bridgehead atoms. The van der Waals surface area contributed by atoms with Gasteiger partial charge in [0, 0.05) is 44.4 Å². The molecule has 0 spiro atoms. The number of anilines is 1. The average Bonchev–Trinajstić information content (AvgIpc) is 2.54. The molecule has 21 heavy (non-hydrogen) atoms. The number of piperazine rings is 1. The Balaban J connectivity index is 1.94. The number of benzene rings is 1. The van der Waals surface area contributed by atoms with Crippen LogP contribution in [0.4, 0.5) is 5.69 Å². The number of ether oxygens (including phenoxy) is 1. The summed E-state index contributed by atoms with van der Waals surface area (Å²) >= 11 is 0. The number of methoxy groups -OCH3 is 1. The number of terminal acetylenes is 1. The van der Waals surface area contributed by atoms with Crippen LogP contribution in [0.5, 0.6) is 5.75 Å². The van der Waals surface area contributed by atoms with Gasteiger partial charge in [-0.2, -0.15) is 0 Å². The second-order valence-corrected chi connectivity index (χ2v) is 5.03. The summed E-state index contributed by atoms with van der Waals surface area (Å²) in [5.41, 5.74) is 6.88. The Morgan fingerprint density at radius 3 is 2.76 bits per heavy atom. The molecule has 1 saturated heterocycles. The fourth-order valence-corrected chi connectivity index (χ4v) is 2.44. The fourth-order valence-electron chi connectivity index (χ4n) is 2.44. The lowest BCUT2D eigenvalue weighted by Crippen LogP contribution is -2.53. The van der Waals surface area contributed by atoms with Crippen molar-refractivity contribution in [2.75, 3.05) is 38.2 Å². The summed E-state index contributed by atoms with van der Waals surface area (Å²) in [6, 6.07) is 7.35. The average molecular weight is 287 g/mol. The highest BCUT2D eigenvalue weighted by Gasteiger charge is 2.24. The van der Waals surface area contributed by atoms with Gasteiger partial charge in [-0.1, -0.05) is 6.07 Å². The summed E-state index contributed by atoms with van der Waals surface area (Å²) in [6.07, 6.45) is 5.49. The molecule has 1 aliphatic heterocycles. The van der Waals surface area contributed by atoms with Crippen LogP contribution in [0, 0.1) is 12.3 Å². The summed E-state index contributed by atoms with van der Waals surface area (Å²) in [5.74, 6) is 3.22. The zero-order valence-electron chi connectivity index (χ0n) is 12.3. The number of hydrogen-bond acceptors (Lipinski definition) is 4. The van der Waals surface area contributed by atoms with E-state index in [4.69, 9.17) is 16.9 Å². The van der Waals surface area contributed by atoms with E-state index in [1.807, 2.05) is 24.3 Å². The normalized spacial score (nSPS) is 16.2. The Bertz CT molecular complexity index is 531. The van der Waals surface area contributed by atoms with E-state index in [1.54, 1.807) is 12.0 Å². The summed E-state index contributed by atoms with van der Waals surface area (Å²) in [6.45, 7) is 2.88. The lowest BCUT2D eigenvalue weighted by molar-refractivity contribution is -0.132. The quantitative estimate of drug-likeness (QED) is 0.828. The van der Waals surface area contributed by atoms with Crippen LogP contribution in [-0.2, 0) is 4.79 Å². The van der Waals surface area contributed by atoms with Gasteiger partial charge >= 0.3 is 0 Å². The van der Waals surface area contributed by atoms with Crippen molar-refractivity contribution in [1.82, 2.24) is 4.90 Å². The first-order valence-corrected chi connectivity index (χ1v) is 7.02. The maximum Gasteiger partial charge on any atom is 0.240 e. The van der Waals surface area contributed by atoms with Crippen LogP contribution in [0.15, 0.2) is 24.3 Å². The molecule has 5 nitrogen and oxygen atoms in total. The van der Waals surface area contributed by atoms with Crippen molar-refractivity contribution in [1.29, 1.82) is 0 Å². The summed E-state index contributed by atoms with van der Waals surface area (Å²) in [7, 11) is 1.66. The van der Waals surface area contributed by atoms with Crippen molar-refractivity contribution in [3.63, 3.8) is 0 Å². The zero-order chi connectivity index (χ0) is 15.2. The third kappa shape index (κ3) is 3.67. The Hall–Kier alpha value is -2.19. The van der Waals surface area contributed by atoms with E-state index >= 15 is 0 Å². The number of amides is 1. The molecule has 2 N–H and O–H groups in total. The summed E-state index contributed by atoms with van der Waals surface area (Å²) in [5, 5.41) is 0. The van der Waals surface area contributed by atoms with Gasteiger partial charge in [-0.3, -0.25) is 4.79 Å². The van der Waals surface area contributed by atoms with Crippen LogP contribution < -0.4 is 15.4 Å². The Morgan fingerprint density at radius 2 is 2.14 bits per heavy atom. The van der Waals surface area contributed by atoms with Crippen molar-refractivity contribution in [3.05, 3.63) is 24.3 Å². The molecule has 1 fully saturated rings. The van der Waals surface area contributed by atoms with Gasteiger partial charge < -0.3 is 20.3 Å². The van der Waals surface area contributed by atoms with Crippen molar-refractivity contribution >= 4 is 11.6 Å². The molecule has 1 aromatic rings. The van der Waals surface area contributed by atoms with Crippen LogP contribution in [0.1, 0.15) is 6.42 Å². The van der Waals surface area contributed by atoms with Gasteiger partial charge in [0.2, 0.25) is 5.91 Å². The molecule has 1 heterocycles. The molecule has 0 saturated carbocycles. The fraction of sp³-hybridized carbons (Fsp3) is 0.438. The number of rotatable bonds is 4. The maximum absolute atomic E-state index is 12.1. The molecule has 2 rings (SSSR count). The van der Waals surface area contributed by atoms with Crippen LogP contribution in [0.2, 0.25) is 0 Å². The molecule has 0 radical (unpaired) electrons. The molecule has 5 heteroatoms. The molecular weight excluding hydrogens is 266 g/mol. The van der Waals surface area contributed by atoms with Gasteiger partial charge in [-0.05, 0) is 12.1 Å². The zero-order valence-corrected chi connectivity index (χ0v) is 12.3. The molecule has 0 aromatic heterocycles. The topological polar surface area (TPSA) is 58.8 Å². The molecule has 1 amide bonds. The van der Waals surface area contributed by atoms with Gasteiger partial charge in [0.05, 0.1) is 13.2 Å². The smallest absolute Gasteiger partial charge is 0.240 e. The highest BCUT2D eigenvalue weighted by atomic mass is 16.5. The van der Waals surface area contributed by atoms with Crippen LogP contribution in [0.3, 0.4) is 0 Å². The number of nitrogens with zero attached hydrogens (tertiary/aromatic N) is 2. The van der Waals surface area contributed by atoms with Crippen molar-refractivity contribution < 1.29 is 9.53 Å². The minimum atomic E-state index is -0.585. The van der Waals surface area contributed by atoms with E-state index < -0.39 is 6.04 Å². The first-order chi connectivity index (χ1) is 10.2. The van der Waals surface area contributed by atoms with E-state index in [0.717, 1.165) is 24.5 Å².